The average Bonchev–Trinajstić information content (AvgIpc) is 2.83. The Balaban J connectivity index is 1.78. The Kier molecular flexibility index (Phi) is 4.78. The highest BCUT2D eigenvalue weighted by Crippen LogP contribution is 2.27. The molecule has 2 aromatic rings. The molecule has 23 heavy (non-hydrogen) atoms. The summed E-state index contributed by atoms with van der Waals surface area (Å²) in [5.74, 6) is 0.0994. The van der Waals surface area contributed by atoms with Crippen molar-refractivity contribution in [1.82, 2.24) is 9.88 Å². The predicted molar refractivity (Wildman–Crippen MR) is 92.0 cm³/mol. The summed E-state index contributed by atoms with van der Waals surface area (Å²) in [5, 5.41) is 0.867. The molecule has 0 radical (unpaired) electrons. The standard InChI is InChI=1S/C18H22N2O2S/c1-12-16(23-17(19-12)13(2)22-3)18(21)20-10-8-14-6-4-5-7-15(14)9-11-20/h4-7,13H,8-11H2,1-3H3/t13-/m0/s1. The number of carbonyl (C=O) groups excluding carboxylic acids is 1. The van der Waals surface area contributed by atoms with Gasteiger partial charge in [-0.3, -0.25) is 4.79 Å². The smallest absolute Gasteiger partial charge is 0.265 e. The lowest BCUT2D eigenvalue weighted by atomic mass is 10.0. The normalized spacial score (nSPS) is 15.9. The van der Waals surface area contributed by atoms with E-state index in [9.17, 15) is 4.79 Å². The predicted octanol–water partition coefficient (Wildman–Crippen LogP) is 3.40. The van der Waals surface area contributed by atoms with Crippen molar-refractivity contribution >= 4 is 17.2 Å². The average molecular weight is 330 g/mol. The number of amides is 1. The molecule has 0 unspecified atom stereocenters. The van der Waals surface area contributed by atoms with Crippen LogP contribution >= 0.6 is 11.3 Å². The first-order valence-electron chi connectivity index (χ1n) is 7.96. The minimum absolute atomic E-state index is 0.0753. The number of fused-ring (bicyclic) bond motifs is 1. The van der Waals surface area contributed by atoms with Gasteiger partial charge in [0.25, 0.3) is 5.91 Å². The van der Waals surface area contributed by atoms with Gasteiger partial charge < -0.3 is 9.64 Å². The van der Waals surface area contributed by atoms with E-state index in [1.54, 1.807) is 7.11 Å². The van der Waals surface area contributed by atoms with Crippen LogP contribution in [0.4, 0.5) is 0 Å². The van der Waals surface area contributed by atoms with Crippen molar-refractivity contribution in [2.45, 2.75) is 32.8 Å². The summed E-state index contributed by atoms with van der Waals surface area (Å²) in [5.41, 5.74) is 3.52. The lowest BCUT2D eigenvalue weighted by Crippen LogP contribution is -2.33. The molecule has 122 valence electrons. The second-order valence-corrected chi connectivity index (χ2v) is 6.94. The van der Waals surface area contributed by atoms with Crippen LogP contribution < -0.4 is 0 Å². The van der Waals surface area contributed by atoms with Crippen LogP contribution in [0.25, 0.3) is 0 Å². The molecule has 0 N–H and O–H groups in total. The maximum Gasteiger partial charge on any atom is 0.265 e. The number of hydrogen-bond donors (Lipinski definition) is 0. The summed E-state index contributed by atoms with van der Waals surface area (Å²) < 4.78 is 5.32. The Labute approximate surface area is 141 Å². The van der Waals surface area contributed by atoms with Gasteiger partial charge >= 0.3 is 0 Å². The van der Waals surface area contributed by atoms with E-state index in [0.717, 1.165) is 41.5 Å². The van der Waals surface area contributed by atoms with E-state index in [1.807, 2.05) is 18.7 Å². The molecule has 0 aliphatic carbocycles. The van der Waals surface area contributed by atoms with E-state index in [-0.39, 0.29) is 12.0 Å². The SMILES string of the molecule is CO[C@@H](C)c1nc(C)c(C(=O)N2CCc3ccccc3CC2)s1. The Morgan fingerprint density at radius 1 is 1.26 bits per heavy atom. The van der Waals surface area contributed by atoms with Gasteiger partial charge in [0.2, 0.25) is 0 Å². The number of benzene rings is 1. The van der Waals surface area contributed by atoms with Crippen LogP contribution in [-0.4, -0.2) is 36.0 Å². The molecule has 1 aromatic carbocycles. The Morgan fingerprint density at radius 3 is 2.43 bits per heavy atom. The minimum atomic E-state index is -0.0753. The Bertz CT molecular complexity index is 684. The molecule has 3 rings (SSSR count). The summed E-state index contributed by atoms with van der Waals surface area (Å²) in [7, 11) is 1.66. The summed E-state index contributed by atoms with van der Waals surface area (Å²) in [6, 6.07) is 8.48. The van der Waals surface area contributed by atoms with Crippen LogP contribution in [0.1, 0.15) is 44.5 Å². The topological polar surface area (TPSA) is 42.4 Å². The molecular formula is C18H22N2O2S. The molecule has 0 saturated carbocycles. The van der Waals surface area contributed by atoms with Gasteiger partial charge in [-0.25, -0.2) is 4.98 Å². The van der Waals surface area contributed by atoms with E-state index in [4.69, 9.17) is 4.74 Å². The van der Waals surface area contributed by atoms with Gasteiger partial charge in [0.1, 0.15) is 16.0 Å². The zero-order valence-corrected chi connectivity index (χ0v) is 14.7. The molecule has 5 heteroatoms. The highest BCUT2D eigenvalue weighted by Gasteiger charge is 2.24. The van der Waals surface area contributed by atoms with E-state index >= 15 is 0 Å². The Hall–Kier alpha value is -1.72. The van der Waals surface area contributed by atoms with Crippen molar-refractivity contribution < 1.29 is 9.53 Å². The third-order valence-corrected chi connectivity index (χ3v) is 5.72. The summed E-state index contributed by atoms with van der Waals surface area (Å²) in [4.78, 5) is 20.1. The van der Waals surface area contributed by atoms with E-state index in [2.05, 4.69) is 29.2 Å². The second kappa shape index (κ2) is 6.81. The summed E-state index contributed by atoms with van der Waals surface area (Å²) in [6.07, 6.45) is 1.76. The number of aromatic nitrogens is 1. The lowest BCUT2D eigenvalue weighted by Gasteiger charge is -2.19. The van der Waals surface area contributed by atoms with Gasteiger partial charge in [-0.2, -0.15) is 0 Å². The van der Waals surface area contributed by atoms with Crippen LogP contribution in [-0.2, 0) is 17.6 Å². The first-order valence-corrected chi connectivity index (χ1v) is 8.78. The van der Waals surface area contributed by atoms with E-state index < -0.39 is 0 Å². The molecule has 1 aliphatic rings. The molecule has 1 atom stereocenters. The molecule has 0 saturated heterocycles. The number of thiazole rings is 1. The number of rotatable bonds is 3. The second-order valence-electron chi connectivity index (χ2n) is 5.91. The molecular weight excluding hydrogens is 308 g/mol. The fourth-order valence-electron chi connectivity index (χ4n) is 2.91. The molecule has 1 aromatic heterocycles. The number of nitrogens with zero attached hydrogens (tertiary/aromatic N) is 2. The zero-order valence-electron chi connectivity index (χ0n) is 13.8. The van der Waals surface area contributed by atoms with Crippen molar-refractivity contribution in [1.29, 1.82) is 0 Å². The highest BCUT2D eigenvalue weighted by molar-refractivity contribution is 7.13. The number of carbonyl (C=O) groups is 1. The molecule has 4 nitrogen and oxygen atoms in total. The molecule has 1 aliphatic heterocycles. The van der Waals surface area contributed by atoms with Crippen LogP contribution in [0, 0.1) is 6.92 Å². The van der Waals surface area contributed by atoms with Crippen LogP contribution in [0.5, 0.6) is 0 Å². The van der Waals surface area contributed by atoms with Crippen LogP contribution in [0.2, 0.25) is 0 Å². The highest BCUT2D eigenvalue weighted by atomic mass is 32.1. The van der Waals surface area contributed by atoms with Gasteiger partial charge in [0.15, 0.2) is 0 Å². The van der Waals surface area contributed by atoms with Crippen molar-refractivity contribution in [2.75, 3.05) is 20.2 Å². The lowest BCUT2D eigenvalue weighted by molar-refractivity contribution is 0.0767. The third kappa shape index (κ3) is 3.31. The number of methoxy groups -OCH3 is 1. The monoisotopic (exact) mass is 330 g/mol. The molecule has 2 heterocycles. The van der Waals surface area contributed by atoms with Gasteiger partial charge in [-0.15, -0.1) is 11.3 Å². The van der Waals surface area contributed by atoms with Gasteiger partial charge in [-0.1, -0.05) is 24.3 Å². The Morgan fingerprint density at radius 2 is 1.87 bits per heavy atom. The molecule has 0 spiro atoms. The zero-order chi connectivity index (χ0) is 16.4. The minimum Gasteiger partial charge on any atom is -0.375 e. The first kappa shape index (κ1) is 16.1. The molecule has 1 amide bonds. The van der Waals surface area contributed by atoms with E-state index in [1.165, 1.54) is 22.5 Å². The fourth-order valence-corrected chi connectivity index (χ4v) is 3.97. The largest absolute Gasteiger partial charge is 0.375 e. The van der Waals surface area contributed by atoms with Gasteiger partial charge in [0, 0.05) is 20.2 Å². The number of hydrogen-bond acceptors (Lipinski definition) is 4. The molecule has 0 fully saturated rings. The number of ether oxygens (including phenoxy) is 1. The van der Waals surface area contributed by atoms with Crippen molar-refractivity contribution in [3.63, 3.8) is 0 Å². The van der Waals surface area contributed by atoms with Gasteiger partial charge in [-0.05, 0) is 37.8 Å². The van der Waals surface area contributed by atoms with Crippen LogP contribution in [0.15, 0.2) is 24.3 Å². The van der Waals surface area contributed by atoms with Gasteiger partial charge in [0.05, 0.1) is 5.69 Å². The van der Waals surface area contributed by atoms with Crippen molar-refractivity contribution in [3.8, 4) is 0 Å². The third-order valence-electron chi connectivity index (χ3n) is 4.42. The molecule has 0 bridgehead atoms. The quantitative estimate of drug-likeness (QED) is 0.866. The van der Waals surface area contributed by atoms with Crippen molar-refractivity contribution in [2.24, 2.45) is 0 Å². The summed E-state index contributed by atoms with van der Waals surface area (Å²) >= 11 is 1.46. The van der Waals surface area contributed by atoms with E-state index in [0.29, 0.717) is 0 Å². The van der Waals surface area contributed by atoms with Crippen LogP contribution in [0.3, 0.4) is 0 Å². The fraction of sp³-hybridized carbons (Fsp3) is 0.444. The van der Waals surface area contributed by atoms with Crippen molar-refractivity contribution in [3.05, 3.63) is 51.0 Å². The maximum atomic E-state index is 12.9. The summed E-state index contributed by atoms with van der Waals surface area (Å²) in [6.45, 7) is 5.39. The first-order chi connectivity index (χ1) is 11.1. The maximum absolute atomic E-state index is 12.9. The number of aryl methyl sites for hydroxylation is 1.